The molecule has 116 valence electrons. The van der Waals surface area contributed by atoms with E-state index in [0.717, 1.165) is 5.56 Å². The number of ether oxygens (including phenoxy) is 1. The van der Waals surface area contributed by atoms with Crippen molar-refractivity contribution in [1.82, 2.24) is 4.98 Å². The van der Waals surface area contributed by atoms with Crippen molar-refractivity contribution in [1.29, 1.82) is 0 Å². The van der Waals surface area contributed by atoms with Gasteiger partial charge in [-0.2, -0.15) is 0 Å². The van der Waals surface area contributed by atoms with E-state index in [1.54, 1.807) is 11.4 Å². The summed E-state index contributed by atoms with van der Waals surface area (Å²) >= 11 is 1.28. The van der Waals surface area contributed by atoms with Gasteiger partial charge in [0.1, 0.15) is 12.4 Å². The van der Waals surface area contributed by atoms with Gasteiger partial charge in [0.2, 0.25) is 0 Å². The first-order valence-electron chi connectivity index (χ1n) is 6.80. The lowest BCUT2D eigenvalue weighted by atomic mass is 10.1. The zero-order chi connectivity index (χ0) is 16.2. The minimum atomic E-state index is -0.444. The summed E-state index contributed by atoms with van der Waals surface area (Å²) in [7, 11) is 0. The largest absolute Gasteiger partial charge is 0.488 e. The lowest BCUT2D eigenvalue weighted by molar-refractivity contribution is -0.384. The van der Waals surface area contributed by atoms with Crippen LogP contribution < -0.4 is 10.5 Å². The molecular formula is C16H13N3O3S. The monoisotopic (exact) mass is 327 g/mol. The highest BCUT2D eigenvalue weighted by Crippen LogP contribution is 2.35. The van der Waals surface area contributed by atoms with E-state index < -0.39 is 4.92 Å². The van der Waals surface area contributed by atoms with Crippen LogP contribution in [0, 0.1) is 10.1 Å². The highest BCUT2D eigenvalue weighted by molar-refractivity contribution is 7.13. The second-order valence-electron chi connectivity index (χ2n) is 4.78. The van der Waals surface area contributed by atoms with Gasteiger partial charge in [0.25, 0.3) is 5.69 Å². The van der Waals surface area contributed by atoms with E-state index in [9.17, 15) is 10.1 Å². The molecule has 0 bridgehead atoms. The van der Waals surface area contributed by atoms with E-state index in [-0.39, 0.29) is 5.69 Å². The molecule has 0 aliphatic rings. The number of hydrogen-bond acceptors (Lipinski definition) is 6. The molecule has 0 saturated carbocycles. The molecule has 1 heterocycles. The Kier molecular flexibility index (Phi) is 4.20. The second-order valence-corrected chi connectivity index (χ2v) is 5.67. The molecule has 0 aliphatic heterocycles. The average molecular weight is 327 g/mol. The first-order chi connectivity index (χ1) is 11.1. The molecular weight excluding hydrogens is 314 g/mol. The Labute approximate surface area is 136 Å². The summed E-state index contributed by atoms with van der Waals surface area (Å²) in [6, 6.07) is 14.1. The Bertz CT molecular complexity index is 834. The molecule has 0 atom stereocenters. The van der Waals surface area contributed by atoms with Crippen LogP contribution in [0.1, 0.15) is 5.56 Å². The normalized spacial score (nSPS) is 10.4. The third-order valence-electron chi connectivity index (χ3n) is 3.21. The number of nitro groups is 1. The summed E-state index contributed by atoms with van der Waals surface area (Å²) in [4.78, 5) is 14.7. The number of nitro benzene ring substituents is 1. The van der Waals surface area contributed by atoms with Crippen molar-refractivity contribution in [3.05, 3.63) is 69.6 Å². The fraction of sp³-hybridized carbons (Fsp3) is 0.0625. The Morgan fingerprint density at radius 1 is 1.22 bits per heavy atom. The van der Waals surface area contributed by atoms with Gasteiger partial charge in [0.15, 0.2) is 5.13 Å². The Morgan fingerprint density at radius 3 is 2.65 bits per heavy atom. The van der Waals surface area contributed by atoms with Crippen LogP contribution in [0.4, 0.5) is 10.8 Å². The van der Waals surface area contributed by atoms with Crippen molar-refractivity contribution in [2.45, 2.75) is 6.61 Å². The molecule has 0 aliphatic carbocycles. The van der Waals surface area contributed by atoms with Crippen LogP contribution in [0.5, 0.6) is 5.75 Å². The summed E-state index contributed by atoms with van der Waals surface area (Å²) in [5.74, 6) is 0.532. The SMILES string of the molecule is Nc1nc(-c2cc([N+](=O)[O-])ccc2OCc2ccccc2)cs1. The van der Waals surface area contributed by atoms with E-state index in [1.165, 1.54) is 23.5 Å². The van der Waals surface area contributed by atoms with Gasteiger partial charge < -0.3 is 10.5 Å². The van der Waals surface area contributed by atoms with Gasteiger partial charge in [-0.15, -0.1) is 11.3 Å². The van der Waals surface area contributed by atoms with Crippen LogP contribution in [-0.4, -0.2) is 9.91 Å². The van der Waals surface area contributed by atoms with Gasteiger partial charge in [-0.1, -0.05) is 30.3 Å². The molecule has 1 aromatic heterocycles. The van der Waals surface area contributed by atoms with Gasteiger partial charge in [-0.05, 0) is 11.6 Å². The van der Waals surface area contributed by atoms with Crippen LogP contribution in [0.15, 0.2) is 53.9 Å². The topological polar surface area (TPSA) is 91.3 Å². The standard InChI is InChI=1S/C16H13N3O3S/c17-16-18-14(10-23-16)13-8-12(19(20)21)6-7-15(13)22-9-11-4-2-1-3-5-11/h1-8,10H,9H2,(H2,17,18). The maximum Gasteiger partial charge on any atom is 0.270 e. The molecule has 0 spiro atoms. The van der Waals surface area contributed by atoms with Gasteiger partial charge >= 0.3 is 0 Å². The van der Waals surface area contributed by atoms with E-state index in [0.29, 0.717) is 28.7 Å². The Hall–Kier alpha value is -2.93. The van der Waals surface area contributed by atoms with Crippen molar-refractivity contribution in [3.8, 4) is 17.0 Å². The Morgan fingerprint density at radius 2 is 2.00 bits per heavy atom. The van der Waals surface area contributed by atoms with Crippen LogP contribution in [0.25, 0.3) is 11.3 Å². The van der Waals surface area contributed by atoms with Crippen LogP contribution >= 0.6 is 11.3 Å². The van der Waals surface area contributed by atoms with E-state index >= 15 is 0 Å². The molecule has 0 radical (unpaired) electrons. The number of rotatable bonds is 5. The summed E-state index contributed by atoms with van der Waals surface area (Å²) in [5.41, 5.74) is 7.78. The predicted octanol–water partition coefficient (Wildman–Crippen LogP) is 3.88. The number of aromatic nitrogens is 1. The molecule has 0 amide bonds. The van der Waals surface area contributed by atoms with Crippen molar-refractivity contribution >= 4 is 22.2 Å². The minimum Gasteiger partial charge on any atom is -0.488 e. The van der Waals surface area contributed by atoms with Crippen molar-refractivity contribution in [3.63, 3.8) is 0 Å². The average Bonchev–Trinajstić information content (AvgIpc) is 3.00. The summed E-state index contributed by atoms with van der Waals surface area (Å²) in [6.07, 6.45) is 0. The highest BCUT2D eigenvalue weighted by atomic mass is 32.1. The van der Waals surface area contributed by atoms with Crippen LogP contribution in [0.3, 0.4) is 0 Å². The van der Waals surface area contributed by atoms with Gasteiger partial charge in [0.05, 0.1) is 10.6 Å². The molecule has 0 saturated heterocycles. The Balaban J connectivity index is 1.93. The summed E-state index contributed by atoms with van der Waals surface area (Å²) < 4.78 is 5.82. The van der Waals surface area contributed by atoms with Gasteiger partial charge in [0, 0.05) is 23.1 Å². The first kappa shape index (κ1) is 15.0. The first-order valence-corrected chi connectivity index (χ1v) is 7.68. The highest BCUT2D eigenvalue weighted by Gasteiger charge is 2.15. The predicted molar refractivity (Wildman–Crippen MR) is 89.4 cm³/mol. The molecule has 2 aromatic carbocycles. The zero-order valence-corrected chi connectivity index (χ0v) is 12.8. The van der Waals surface area contributed by atoms with Crippen LogP contribution in [-0.2, 0) is 6.61 Å². The number of benzene rings is 2. The number of nitrogen functional groups attached to an aromatic ring is 1. The minimum absolute atomic E-state index is 0.0152. The fourth-order valence-electron chi connectivity index (χ4n) is 2.10. The molecule has 6 nitrogen and oxygen atoms in total. The molecule has 3 aromatic rings. The third-order valence-corrected chi connectivity index (χ3v) is 3.88. The zero-order valence-electron chi connectivity index (χ0n) is 12.0. The van der Waals surface area contributed by atoms with E-state index in [1.807, 2.05) is 30.3 Å². The maximum absolute atomic E-state index is 11.0. The van der Waals surface area contributed by atoms with Crippen molar-refractivity contribution < 1.29 is 9.66 Å². The lowest BCUT2D eigenvalue weighted by Gasteiger charge is -2.10. The third kappa shape index (κ3) is 3.46. The molecule has 3 rings (SSSR count). The number of thiazole rings is 1. The number of hydrogen-bond donors (Lipinski definition) is 1. The fourth-order valence-corrected chi connectivity index (χ4v) is 2.67. The lowest BCUT2D eigenvalue weighted by Crippen LogP contribution is -1.98. The number of non-ortho nitro benzene ring substituents is 1. The maximum atomic E-state index is 11.0. The van der Waals surface area contributed by atoms with E-state index in [2.05, 4.69) is 4.98 Å². The van der Waals surface area contributed by atoms with Crippen LogP contribution in [0.2, 0.25) is 0 Å². The van der Waals surface area contributed by atoms with Gasteiger partial charge in [-0.3, -0.25) is 10.1 Å². The van der Waals surface area contributed by atoms with Crippen molar-refractivity contribution in [2.24, 2.45) is 0 Å². The number of nitrogens with zero attached hydrogens (tertiary/aromatic N) is 2. The summed E-state index contributed by atoms with van der Waals surface area (Å²) in [5, 5.41) is 13.2. The molecule has 2 N–H and O–H groups in total. The molecule has 23 heavy (non-hydrogen) atoms. The number of nitrogens with two attached hydrogens (primary N) is 1. The number of anilines is 1. The second kappa shape index (κ2) is 6.45. The van der Waals surface area contributed by atoms with E-state index in [4.69, 9.17) is 10.5 Å². The van der Waals surface area contributed by atoms with Crippen molar-refractivity contribution in [2.75, 3.05) is 5.73 Å². The van der Waals surface area contributed by atoms with Gasteiger partial charge in [-0.25, -0.2) is 4.98 Å². The quantitative estimate of drug-likeness (QED) is 0.567. The molecule has 0 fully saturated rings. The molecule has 7 heteroatoms. The molecule has 0 unspecified atom stereocenters. The summed E-state index contributed by atoms with van der Waals surface area (Å²) in [6.45, 7) is 0.366. The smallest absolute Gasteiger partial charge is 0.270 e.